The van der Waals surface area contributed by atoms with Gasteiger partial charge in [-0.05, 0) is 12.1 Å². The predicted molar refractivity (Wildman–Crippen MR) is 50.2 cm³/mol. The van der Waals surface area contributed by atoms with Crippen molar-refractivity contribution in [3.63, 3.8) is 0 Å². The van der Waals surface area contributed by atoms with E-state index in [1.807, 2.05) is 0 Å². The van der Waals surface area contributed by atoms with E-state index in [2.05, 4.69) is 4.74 Å². The molecule has 0 saturated heterocycles. The van der Waals surface area contributed by atoms with Gasteiger partial charge in [0.15, 0.2) is 11.5 Å². The Labute approximate surface area is 124 Å². The maximum atomic E-state index is 10.6. The molecule has 1 radical (unpaired) electrons. The summed E-state index contributed by atoms with van der Waals surface area (Å²) in [6, 6.07) is 3.29. The van der Waals surface area contributed by atoms with E-state index in [-0.39, 0.29) is 67.8 Å². The van der Waals surface area contributed by atoms with Crippen LogP contribution in [-0.4, -0.2) is 76.6 Å². The van der Waals surface area contributed by atoms with E-state index in [4.69, 9.17) is 9.66 Å². The van der Waals surface area contributed by atoms with Crippen molar-refractivity contribution < 1.29 is 22.8 Å². The average molecular weight is 243 g/mol. The smallest absolute Gasteiger partial charge is 0.294 e. The van der Waals surface area contributed by atoms with Crippen LogP contribution in [0.2, 0.25) is 0 Å². The van der Waals surface area contributed by atoms with Crippen molar-refractivity contribution in [2.24, 2.45) is 0 Å². The number of aromatic hydroxyl groups is 1. The summed E-state index contributed by atoms with van der Waals surface area (Å²) in [5.41, 5.74) is 0. The second-order valence-electron chi connectivity index (χ2n) is 2.31. The third-order valence-electron chi connectivity index (χ3n) is 1.45. The molecule has 0 atom stereocenters. The number of phenolic OH excluding ortho intramolecular Hbond substituents is 1. The van der Waals surface area contributed by atoms with Gasteiger partial charge in [-0.1, -0.05) is 0 Å². The Morgan fingerprint density at radius 3 is 2.29 bits per heavy atom. The van der Waals surface area contributed by atoms with Crippen LogP contribution in [-0.2, 0) is 10.1 Å². The Morgan fingerprint density at radius 1 is 1.36 bits per heavy atom. The van der Waals surface area contributed by atoms with Crippen LogP contribution in [0.5, 0.6) is 11.5 Å². The van der Waals surface area contributed by atoms with Crippen molar-refractivity contribution in [3.8, 4) is 11.5 Å². The molecule has 0 aliphatic carbocycles. The molecule has 0 heterocycles. The average Bonchev–Trinajstić information content (AvgIpc) is 2.02. The van der Waals surface area contributed by atoms with Crippen LogP contribution in [0.3, 0.4) is 0 Å². The molecule has 0 aromatic heterocycles. The molecule has 0 aliphatic rings. The SMILES string of the molecule is COc1ccc(S(=O)(=O)O)cc1O.[K]. The minimum Gasteiger partial charge on any atom is -0.504 e. The molecule has 0 bridgehead atoms. The zero-order valence-corrected chi connectivity index (χ0v) is 11.7. The van der Waals surface area contributed by atoms with Gasteiger partial charge in [0, 0.05) is 57.5 Å². The number of hydrogen-bond acceptors (Lipinski definition) is 4. The van der Waals surface area contributed by atoms with Crippen LogP contribution in [0, 0.1) is 0 Å². The third-order valence-corrected chi connectivity index (χ3v) is 2.30. The van der Waals surface area contributed by atoms with Gasteiger partial charge in [0.1, 0.15) is 0 Å². The van der Waals surface area contributed by atoms with Crippen molar-refractivity contribution in [2.45, 2.75) is 4.90 Å². The van der Waals surface area contributed by atoms with Crippen LogP contribution in [0.15, 0.2) is 23.1 Å². The minimum atomic E-state index is -4.27. The van der Waals surface area contributed by atoms with E-state index in [1.165, 1.54) is 13.2 Å². The van der Waals surface area contributed by atoms with Crippen molar-refractivity contribution in [1.82, 2.24) is 0 Å². The van der Waals surface area contributed by atoms with Crippen LogP contribution >= 0.6 is 0 Å². The second-order valence-corrected chi connectivity index (χ2v) is 3.73. The summed E-state index contributed by atoms with van der Waals surface area (Å²) < 4.78 is 34.5. The van der Waals surface area contributed by atoms with E-state index in [1.54, 1.807) is 0 Å². The monoisotopic (exact) mass is 243 g/mol. The first kappa shape index (κ1) is 14.4. The van der Waals surface area contributed by atoms with Gasteiger partial charge < -0.3 is 9.84 Å². The van der Waals surface area contributed by atoms with Crippen LogP contribution in [0.25, 0.3) is 0 Å². The van der Waals surface area contributed by atoms with E-state index in [9.17, 15) is 8.42 Å². The molecular weight excluding hydrogens is 235 g/mol. The first-order chi connectivity index (χ1) is 5.95. The molecule has 0 spiro atoms. The zero-order valence-electron chi connectivity index (χ0n) is 7.76. The van der Waals surface area contributed by atoms with Gasteiger partial charge >= 0.3 is 0 Å². The Bertz CT molecular complexity index is 414. The molecule has 14 heavy (non-hydrogen) atoms. The first-order valence-electron chi connectivity index (χ1n) is 3.29. The van der Waals surface area contributed by atoms with Gasteiger partial charge in [-0.2, -0.15) is 8.42 Å². The van der Waals surface area contributed by atoms with Crippen LogP contribution in [0.1, 0.15) is 0 Å². The summed E-state index contributed by atoms with van der Waals surface area (Å²) in [4.78, 5) is -0.370. The summed E-state index contributed by atoms with van der Waals surface area (Å²) in [5.74, 6) is -0.190. The summed E-state index contributed by atoms with van der Waals surface area (Å²) in [6.45, 7) is 0. The minimum absolute atomic E-state index is 0. The molecule has 2 N–H and O–H groups in total. The quantitative estimate of drug-likeness (QED) is 0.575. The fourth-order valence-corrected chi connectivity index (χ4v) is 1.33. The van der Waals surface area contributed by atoms with Gasteiger partial charge in [0.25, 0.3) is 10.1 Å². The predicted octanol–water partition coefficient (Wildman–Crippen LogP) is 0.267. The molecule has 7 heteroatoms. The van der Waals surface area contributed by atoms with Crippen molar-refractivity contribution in [3.05, 3.63) is 18.2 Å². The van der Waals surface area contributed by atoms with Gasteiger partial charge in [-0.25, -0.2) is 0 Å². The molecule has 0 fully saturated rings. The standard InChI is InChI=1S/C7H8O5S.K/c1-12-7-3-2-5(4-6(7)8)13(9,10)11;/h2-4,8H,1H3,(H,9,10,11);. The fraction of sp³-hybridized carbons (Fsp3) is 0.143. The Morgan fingerprint density at radius 2 is 1.93 bits per heavy atom. The Balaban J connectivity index is 0.00000169. The molecular formula is C7H8KO5S. The zero-order chi connectivity index (χ0) is 10.1. The second kappa shape index (κ2) is 5.45. The molecule has 1 rings (SSSR count). The maximum absolute atomic E-state index is 10.6. The van der Waals surface area contributed by atoms with E-state index < -0.39 is 10.1 Å². The summed E-state index contributed by atoms with van der Waals surface area (Å²) in [5, 5.41) is 9.15. The number of methoxy groups -OCH3 is 1. The van der Waals surface area contributed by atoms with Crippen molar-refractivity contribution in [1.29, 1.82) is 0 Å². The fourth-order valence-electron chi connectivity index (χ4n) is 0.830. The number of hydrogen-bond donors (Lipinski definition) is 2. The van der Waals surface area contributed by atoms with Crippen LogP contribution in [0.4, 0.5) is 0 Å². The van der Waals surface area contributed by atoms with Gasteiger partial charge in [0.05, 0.1) is 12.0 Å². The summed E-state index contributed by atoms with van der Waals surface area (Å²) in [7, 11) is -2.93. The van der Waals surface area contributed by atoms with Crippen LogP contribution < -0.4 is 4.74 Å². The van der Waals surface area contributed by atoms with Crippen molar-refractivity contribution in [2.75, 3.05) is 7.11 Å². The van der Waals surface area contributed by atoms with Gasteiger partial charge in [0.2, 0.25) is 0 Å². The van der Waals surface area contributed by atoms with Gasteiger partial charge in [-0.15, -0.1) is 0 Å². The Kier molecular flexibility index (Phi) is 5.59. The normalized spacial score (nSPS) is 10.4. The molecule has 0 saturated carbocycles. The molecule has 0 aliphatic heterocycles. The molecule has 5 nitrogen and oxygen atoms in total. The summed E-state index contributed by atoms with van der Waals surface area (Å²) in [6.07, 6.45) is 0. The largest absolute Gasteiger partial charge is 0.504 e. The maximum Gasteiger partial charge on any atom is 0.294 e. The molecule has 0 unspecified atom stereocenters. The number of ether oxygens (including phenoxy) is 1. The van der Waals surface area contributed by atoms with Gasteiger partial charge in [-0.3, -0.25) is 4.55 Å². The molecule has 0 amide bonds. The molecule has 1 aromatic carbocycles. The number of rotatable bonds is 2. The van der Waals surface area contributed by atoms with E-state index in [0.717, 1.165) is 12.1 Å². The Hall–Kier alpha value is 0.366. The molecule has 73 valence electrons. The van der Waals surface area contributed by atoms with Crippen molar-refractivity contribution >= 4 is 61.5 Å². The first-order valence-corrected chi connectivity index (χ1v) is 4.73. The summed E-state index contributed by atoms with van der Waals surface area (Å²) >= 11 is 0. The van der Waals surface area contributed by atoms with E-state index in [0.29, 0.717) is 0 Å². The third kappa shape index (κ3) is 3.50. The van der Waals surface area contributed by atoms with E-state index >= 15 is 0 Å². The topological polar surface area (TPSA) is 83.8 Å². The molecule has 1 aromatic rings. The number of benzene rings is 1. The number of phenols is 1.